The van der Waals surface area contributed by atoms with Crippen molar-refractivity contribution < 1.29 is 13.7 Å². The predicted molar refractivity (Wildman–Crippen MR) is 88.7 cm³/mol. The number of anilines is 1. The van der Waals surface area contributed by atoms with Crippen LogP contribution in [0.5, 0.6) is 0 Å². The molecule has 128 valence electrons. The second kappa shape index (κ2) is 5.93. The highest BCUT2D eigenvalue weighted by Gasteiger charge is 2.20. The van der Waals surface area contributed by atoms with Crippen LogP contribution in [0.2, 0.25) is 0 Å². The Morgan fingerprint density at radius 2 is 1.84 bits per heavy atom. The Bertz CT molecular complexity index is 1060. The Hall–Kier alpha value is -3.36. The maximum absolute atomic E-state index is 13.4. The molecule has 0 radical (unpaired) electrons. The molecule has 9 heteroatoms. The summed E-state index contributed by atoms with van der Waals surface area (Å²) in [5.41, 5.74) is -0.421. The highest BCUT2D eigenvalue weighted by Crippen LogP contribution is 2.31. The molecular weight excluding hydrogens is 334 g/mol. The minimum absolute atomic E-state index is 0.0688. The van der Waals surface area contributed by atoms with Crippen molar-refractivity contribution in [3.8, 4) is 11.4 Å². The maximum Gasteiger partial charge on any atom is 0.282 e. The van der Waals surface area contributed by atoms with Crippen LogP contribution >= 0.6 is 0 Å². The zero-order chi connectivity index (χ0) is 18.3. The Labute approximate surface area is 139 Å². The van der Waals surface area contributed by atoms with Gasteiger partial charge in [0.2, 0.25) is 0 Å². The monoisotopic (exact) mass is 346 g/mol. The fourth-order valence-electron chi connectivity index (χ4n) is 2.41. The van der Waals surface area contributed by atoms with Crippen molar-refractivity contribution in [3.05, 3.63) is 62.4 Å². The van der Waals surface area contributed by atoms with E-state index < -0.39 is 22.1 Å². The number of nitro benzene ring substituents is 1. The second-order valence-electron chi connectivity index (χ2n) is 5.55. The van der Waals surface area contributed by atoms with Gasteiger partial charge in [0.05, 0.1) is 21.4 Å². The SMILES string of the molecule is CN(C)c1ccc(-c2nc3cc(F)c(F)cc3c(=O)[nH]2)c([N+](=O)[O-])c1. The number of fused-ring (bicyclic) bond motifs is 1. The van der Waals surface area contributed by atoms with Gasteiger partial charge >= 0.3 is 0 Å². The lowest BCUT2D eigenvalue weighted by molar-refractivity contribution is -0.384. The summed E-state index contributed by atoms with van der Waals surface area (Å²) in [5.74, 6) is -2.43. The van der Waals surface area contributed by atoms with Gasteiger partial charge in [0, 0.05) is 31.9 Å². The first kappa shape index (κ1) is 16.5. The topological polar surface area (TPSA) is 92.1 Å². The molecule has 25 heavy (non-hydrogen) atoms. The van der Waals surface area contributed by atoms with E-state index >= 15 is 0 Å². The Balaban J connectivity index is 2.28. The fraction of sp³-hybridized carbons (Fsp3) is 0.125. The normalized spacial score (nSPS) is 10.9. The molecule has 2 aromatic carbocycles. The number of hydrogen-bond acceptors (Lipinski definition) is 5. The van der Waals surface area contributed by atoms with Gasteiger partial charge in [-0.05, 0) is 18.2 Å². The number of aromatic nitrogens is 2. The van der Waals surface area contributed by atoms with Crippen LogP contribution in [0.3, 0.4) is 0 Å². The van der Waals surface area contributed by atoms with Gasteiger partial charge in [0.15, 0.2) is 11.6 Å². The van der Waals surface area contributed by atoms with Crippen LogP contribution in [0, 0.1) is 21.7 Å². The first-order valence-electron chi connectivity index (χ1n) is 7.13. The lowest BCUT2D eigenvalue weighted by Crippen LogP contribution is -2.12. The number of nitrogens with zero attached hydrogens (tertiary/aromatic N) is 3. The van der Waals surface area contributed by atoms with Crippen LogP contribution in [0.15, 0.2) is 35.1 Å². The van der Waals surface area contributed by atoms with Crippen molar-refractivity contribution in [1.82, 2.24) is 9.97 Å². The molecule has 0 fully saturated rings. The van der Waals surface area contributed by atoms with E-state index in [0.717, 1.165) is 12.1 Å². The quantitative estimate of drug-likeness (QED) is 0.581. The number of H-pyrrole nitrogens is 1. The molecule has 3 aromatic rings. The predicted octanol–water partition coefficient (Wildman–Crippen LogP) is 2.84. The molecule has 7 nitrogen and oxygen atoms in total. The smallest absolute Gasteiger partial charge is 0.282 e. The molecule has 0 unspecified atom stereocenters. The van der Waals surface area contributed by atoms with Crippen molar-refractivity contribution in [3.63, 3.8) is 0 Å². The molecule has 0 saturated heterocycles. The number of hydrogen-bond donors (Lipinski definition) is 1. The summed E-state index contributed by atoms with van der Waals surface area (Å²) in [6.07, 6.45) is 0. The summed E-state index contributed by atoms with van der Waals surface area (Å²) in [4.78, 5) is 31.0. The van der Waals surface area contributed by atoms with E-state index in [9.17, 15) is 23.7 Å². The molecule has 1 aromatic heterocycles. The van der Waals surface area contributed by atoms with Gasteiger partial charge in [-0.15, -0.1) is 0 Å². The van der Waals surface area contributed by atoms with Crippen LogP contribution in [0.4, 0.5) is 20.2 Å². The molecule has 0 aliphatic rings. The molecule has 0 atom stereocenters. The van der Waals surface area contributed by atoms with E-state index in [1.54, 1.807) is 25.1 Å². The zero-order valence-electron chi connectivity index (χ0n) is 13.2. The first-order valence-corrected chi connectivity index (χ1v) is 7.13. The molecule has 0 spiro atoms. The summed E-state index contributed by atoms with van der Waals surface area (Å²) < 4.78 is 26.7. The molecular formula is C16H12F2N4O3. The Morgan fingerprint density at radius 1 is 1.16 bits per heavy atom. The van der Waals surface area contributed by atoms with Crippen molar-refractivity contribution in [2.75, 3.05) is 19.0 Å². The van der Waals surface area contributed by atoms with Gasteiger partial charge in [-0.3, -0.25) is 14.9 Å². The highest BCUT2D eigenvalue weighted by atomic mass is 19.2. The molecule has 1 heterocycles. The van der Waals surface area contributed by atoms with Crippen molar-refractivity contribution in [1.29, 1.82) is 0 Å². The molecule has 3 rings (SSSR count). The van der Waals surface area contributed by atoms with E-state index in [-0.39, 0.29) is 28.0 Å². The minimum atomic E-state index is -1.17. The Kier molecular flexibility index (Phi) is 3.91. The third-order valence-corrected chi connectivity index (χ3v) is 3.70. The average Bonchev–Trinajstić information content (AvgIpc) is 2.55. The second-order valence-corrected chi connectivity index (χ2v) is 5.55. The van der Waals surface area contributed by atoms with Crippen LogP contribution < -0.4 is 10.5 Å². The molecule has 0 aliphatic carbocycles. The van der Waals surface area contributed by atoms with E-state index in [4.69, 9.17) is 0 Å². The van der Waals surface area contributed by atoms with Crippen molar-refractivity contribution >= 4 is 22.3 Å². The van der Waals surface area contributed by atoms with Crippen LogP contribution in [0.1, 0.15) is 0 Å². The van der Waals surface area contributed by atoms with E-state index in [1.807, 2.05) is 0 Å². The van der Waals surface area contributed by atoms with Gasteiger partial charge in [0.25, 0.3) is 11.2 Å². The van der Waals surface area contributed by atoms with E-state index in [0.29, 0.717) is 5.69 Å². The van der Waals surface area contributed by atoms with Crippen LogP contribution in [-0.4, -0.2) is 29.0 Å². The third-order valence-electron chi connectivity index (χ3n) is 3.70. The number of nitro groups is 1. The first-order chi connectivity index (χ1) is 11.8. The minimum Gasteiger partial charge on any atom is -0.377 e. The zero-order valence-corrected chi connectivity index (χ0v) is 13.2. The van der Waals surface area contributed by atoms with E-state index in [2.05, 4.69) is 9.97 Å². The molecule has 0 aliphatic heterocycles. The lowest BCUT2D eigenvalue weighted by Gasteiger charge is -2.13. The Morgan fingerprint density at radius 3 is 2.48 bits per heavy atom. The van der Waals surface area contributed by atoms with Crippen LogP contribution in [-0.2, 0) is 0 Å². The number of aromatic amines is 1. The summed E-state index contributed by atoms with van der Waals surface area (Å²) in [6.45, 7) is 0. The maximum atomic E-state index is 13.4. The van der Waals surface area contributed by atoms with Gasteiger partial charge < -0.3 is 9.88 Å². The third kappa shape index (κ3) is 2.91. The van der Waals surface area contributed by atoms with Gasteiger partial charge in [-0.25, -0.2) is 13.8 Å². The summed E-state index contributed by atoms with van der Waals surface area (Å²) >= 11 is 0. The average molecular weight is 346 g/mol. The summed E-state index contributed by atoms with van der Waals surface area (Å²) in [6, 6.07) is 5.92. The summed E-state index contributed by atoms with van der Waals surface area (Å²) in [5, 5.41) is 11.2. The molecule has 0 saturated carbocycles. The van der Waals surface area contributed by atoms with Gasteiger partial charge in [-0.1, -0.05) is 0 Å². The summed E-state index contributed by atoms with van der Waals surface area (Å²) in [7, 11) is 3.46. The molecule has 1 N–H and O–H groups in total. The highest BCUT2D eigenvalue weighted by molar-refractivity contribution is 5.81. The van der Waals surface area contributed by atoms with Gasteiger partial charge in [-0.2, -0.15) is 0 Å². The number of halogens is 2. The van der Waals surface area contributed by atoms with Crippen LogP contribution in [0.25, 0.3) is 22.3 Å². The van der Waals surface area contributed by atoms with Crippen molar-refractivity contribution in [2.24, 2.45) is 0 Å². The number of benzene rings is 2. The standard InChI is InChI=1S/C16H12F2N4O3/c1-21(2)8-3-4-9(14(5-8)22(24)25)15-19-13-7-12(18)11(17)6-10(13)16(23)20-15/h3-7H,1-2H3,(H,19,20,23). The lowest BCUT2D eigenvalue weighted by atomic mass is 10.1. The van der Waals surface area contributed by atoms with Gasteiger partial charge in [0.1, 0.15) is 5.82 Å². The number of nitrogens with one attached hydrogen (secondary N) is 1. The molecule has 0 bridgehead atoms. The number of rotatable bonds is 3. The molecule has 0 amide bonds. The largest absolute Gasteiger partial charge is 0.377 e. The fourth-order valence-corrected chi connectivity index (χ4v) is 2.41. The van der Waals surface area contributed by atoms with E-state index in [1.165, 1.54) is 12.1 Å². The van der Waals surface area contributed by atoms with Crippen molar-refractivity contribution in [2.45, 2.75) is 0 Å².